The first-order valence-electron chi connectivity index (χ1n) is 7.36. The van der Waals surface area contributed by atoms with Crippen molar-refractivity contribution in [3.63, 3.8) is 0 Å². The topological polar surface area (TPSA) is 71.5 Å². The molecule has 0 bridgehead atoms. The van der Waals surface area contributed by atoms with E-state index in [0.717, 1.165) is 31.0 Å². The van der Waals surface area contributed by atoms with Gasteiger partial charge in [-0.1, -0.05) is 13.8 Å². The minimum atomic E-state index is -0.378. The van der Waals surface area contributed by atoms with Gasteiger partial charge in [-0.3, -0.25) is 15.1 Å². The number of nitrogens with two attached hydrogens (primary N) is 1. The molecule has 2 rings (SSSR count). The summed E-state index contributed by atoms with van der Waals surface area (Å²) in [6.45, 7) is 9.54. The third kappa shape index (κ3) is 2.88. The van der Waals surface area contributed by atoms with E-state index in [1.54, 1.807) is 6.07 Å². The van der Waals surface area contributed by atoms with Crippen molar-refractivity contribution in [3.05, 3.63) is 23.2 Å². The summed E-state index contributed by atoms with van der Waals surface area (Å²) in [4.78, 5) is 13.9. The molecule has 1 fully saturated rings. The number of nitrogens with one attached hydrogen (secondary N) is 1. The SMILES string of the molecule is CCC1(CC)CCN(Cc2cc(C(=O)NN)oc2C)C1. The van der Waals surface area contributed by atoms with Crippen molar-refractivity contribution in [1.29, 1.82) is 0 Å². The number of amides is 1. The zero-order valence-electron chi connectivity index (χ0n) is 12.7. The monoisotopic (exact) mass is 279 g/mol. The maximum absolute atomic E-state index is 11.5. The van der Waals surface area contributed by atoms with Crippen LogP contribution < -0.4 is 11.3 Å². The summed E-state index contributed by atoms with van der Waals surface area (Å²) in [7, 11) is 0. The van der Waals surface area contributed by atoms with Gasteiger partial charge in [-0.05, 0) is 44.2 Å². The van der Waals surface area contributed by atoms with Gasteiger partial charge in [0.25, 0.3) is 0 Å². The molecular weight excluding hydrogens is 254 g/mol. The molecule has 5 nitrogen and oxygen atoms in total. The van der Waals surface area contributed by atoms with Crippen LogP contribution in [0.3, 0.4) is 0 Å². The molecule has 0 atom stereocenters. The third-order valence-corrected chi connectivity index (χ3v) is 4.79. The molecule has 0 saturated carbocycles. The lowest BCUT2D eigenvalue weighted by molar-refractivity contribution is 0.0924. The van der Waals surface area contributed by atoms with Crippen LogP contribution in [0.2, 0.25) is 0 Å². The zero-order valence-corrected chi connectivity index (χ0v) is 12.7. The van der Waals surface area contributed by atoms with Crippen LogP contribution in [0.15, 0.2) is 10.5 Å². The Kier molecular flexibility index (Phi) is 4.50. The number of carbonyl (C=O) groups is 1. The third-order valence-electron chi connectivity index (χ3n) is 4.79. The van der Waals surface area contributed by atoms with E-state index in [2.05, 4.69) is 24.2 Å². The maximum atomic E-state index is 11.5. The summed E-state index contributed by atoms with van der Waals surface area (Å²) in [5.41, 5.74) is 3.64. The first kappa shape index (κ1) is 15.1. The largest absolute Gasteiger partial charge is 0.456 e. The first-order valence-corrected chi connectivity index (χ1v) is 7.36. The second-order valence-electron chi connectivity index (χ2n) is 5.83. The number of nitrogens with zero attached hydrogens (tertiary/aromatic N) is 1. The van der Waals surface area contributed by atoms with E-state index in [1.165, 1.54) is 19.3 Å². The van der Waals surface area contributed by atoms with Crippen molar-refractivity contribution in [2.24, 2.45) is 11.3 Å². The first-order chi connectivity index (χ1) is 9.53. The summed E-state index contributed by atoms with van der Waals surface area (Å²) < 4.78 is 5.46. The van der Waals surface area contributed by atoms with Gasteiger partial charge in [-0.15, -0.1) is 0 Å². The lowest BCUT2D eigenvalue weighted by Gasteiger charge is -2.26. The van der Waals surface area contributed by atoms with Crippen LogP contribution in [-0.4, -0.2) is 23.9 Å². The van der Waals surface area contributed by atoms with Gasteiger partial charge in [0.05, 0.1) is 0 Å². The Balaban J connectivity index is 2.05. The summed E-state index contributed by atoms with van der Waals surface area (Å²) in [5, 5.41) is 0. The summed E-state index contributed by atoms with van der Waals surface area (Å²) in [5.74, 6) is 5.84. The minimum Gasteiger partial charge on any atom is -0.456 e. The number of rotatable bonds is 5. The minimum absolute atomic E-state index is 0.288. The number of likely N-dealkylation sites (tertiary alicyclic amines) is 1. The Morgan fingerprint density at radius 2 is 2.20 bits per heavy atom. The van der Waals surface area contributed by atoms with Crippen LogP contribution in [0.1, 0.15) is 55.0 Å². The highest BCUT2D eigenvalue weighted by Crippen LogP contribution is 2.37. The van der Waals surface area contributed by atoms with E-state index in [4.69, 9.17) is 10.3 Å². The lowest BCUT2D eigenvalue weighted by atomic mass is 9.82. The highest BCUT2D eigenvalue weighted by atomic mass is 16.4. The fourth-order valence-electron chi connectivity index (χ4n) is 3.09. The predicted molar refractivity (Wildman–Crippen MR) is 78.0 cm³/mol. The summed E-state index contributed by atoms with van der Waals surface area (Å²) in [6.07, 6.45) is 3.71. The predicted octanol–water partition coefficient (Wildman–Crippen LogP) is 2.20. The standard InChI is InChI=1S/C15H25N3O2/c1-4-15(5-2)6-7-18(10-15)9-12-8-13(14(19)17-16)20-11(12)3/h8H,4-7,9-10,16H2,1-3H3,(H,17,19). The lowest BCUT2D eigenvalue weighted by Crippen LogP contribution is -2.29. The van der Waals surface area contributed by atoms with Gasteiger partial charge in [0, 0.05) is 18.7 Å². The molecule has 5 heteroatoms. The summed E-state index contributed by atoms with van der Waals surface area (Å²) >= 11 is 0. The van der Waals surface area contributed by atoms with Crippen LogP contribution in [0, 0.1) is 12.3 Å². The van der Waals surface area contributed by atoms with Gasteiger partial charge in [0.15, 0.2) is 5.76 Å². The van der Waals surface area contributed by atoms with Crippen LogP contribution in [-0.2, 0) is 6.54 Å². The molecular formula is C15H25N3O2. The Bertz CT molecular complexity index is 477. The molecule has 1 saturated heterocycles. The number of hydrazine groups is 1. The van der Waals surface area contributed by atoms with Crippen molar-refractivity contribution in [1.82, 2.24) is 10.3 Å². The Labute approximate surface area is 120 Å². The molecule has 1 aliphatic rings. The molecule has 0 aromatic carbocycles. The van der Waals surface area contributed by atoms with Crippen molar-refractivity contribution in [3.8, 4) is 0 Å². The van der Waals surface area contributed by atoms with Gasteiger partial charge >= 0.3 is 5.91 Å². The van der Waals surface area contributed by atoms with Gasteiger partial charge in [0.2, 0.25) is 0 Å². The van der Waals surface area contributed by atoms with Crippen molar-refractivity contribution in [2.75, 3.05) is 13.1 Å². The normalized spacial score (nSPS) is 18.4. The van der Waals surface area contributed by atoms with Crippen molar-refractivity contribution >= 4 is 5.91 Å². The number of furan rings is 1. The number of carbonyl (C=O) groups excluding carboxylic acids is 1. The number of nitrogen functional groups attached to an aromatic ring is 1. The second-order valence-corrected chi connectivity index (χ2v) is 5.83. The fraction of sp³-hybridized carbons (Fsp3) is 0.667. The molecule has 1 aromatic heterocycles. The summed E-state index contributed by atoms with van der Waals surface area (Å²) in [6, 6.07) is 1.80. The molecule has 2 heterocycles. The molecule has 1 amide bonds. The Morgan fingerprint density at radius 1 is 1.50 bits per heavy atom. The molecule has 112 valence electrons. The highest BCUT2D eigenvalue weighted by molar-refractivity contribution is 5.91. The van der Waals surface area contributed by atoms with Crippen molar-refractivity contribution in [2.45, 2.75) is 46.6 Å². The number of hydrogen-bond acceptors (Lipinski definition) is 4. The Hall–Kier alpha value is -1.33. The number of aryl methyl sites for hydroxylation is 1. The van der Waals surface area contributed by atoms with E-state index in [1.807, 2.05) is 6.92 Å². The molecule has 20 heavy (non-hydrogen) atoms. The maximum Gasteiger partial charge on any atom is 0.300 e. The van der Waals surface area contributed by atoms with Gasteiger partial charge in [-0.2, -0.15) is 0 Å². The second kappa shape index (κ2) is 5.97. The zero-order chi connectivity index (χ0) is 14.8. The molecule has 0 aliphatic carbocycles. The molecule has 1 aliphatic heterocycles. The fourth-order valence-corrected chi connectivity index (χ4v) is 3.09. The quantitative estimate of drug-likeness (QED) is 0.492. The van der Waals surface area contributed by atoms with Crippen LogP contribution in [0.25, 0.3) is 0 Å². The van der Waals surface area contributed by atoms with Crippen molar-refractivity contribution < 1.29 is 9.21 Å². The molecule has 0 unspecified atom stereocenters. The van der Waals surface area contributed by atoms with Crippen LogP contribution in [0.4, 0.5) is 0 Å². The van der Waals surface area contributed by atoms with Gasteiger partial charge in [0.1, 0.15) is 5.76 Å². The molecule has 0 spiro atoms. The highest BCUT2D eigenvalue weighted by Gasteiger charge is 2.35. The van der Waals surface area contributed by atoms with E-state index in [9.17, 15) is 4.79 Å². The average Bonchev–Trinajstić information content (AvgIpc) is 3.04. The van der Waals surface area contributed by atoms with Gasteiger partial charge < -0.3 is 4.42 Å². The average molecular weight is 279 g/mol. The Morgan fingerprint density at radius 3 is 2.75 bits per heavy atom. The van der Waals surface area contributed by atoms with Crippen LogP contribution >= 0.6 is 0 Å². The van der Waals surface area contributed by atoms with E-state index >= 15 is 0 Å². The van der Waals surface area contributed by atoms with Gasteiger partial charge in [-0.25, -0.2) is 5.84 Å². The van der Waals surface area contributed by atoms with E-state index in [0.29, 0.717) is 5.41 Å². The van der Waals surface area contributed by atoms with Crippen LogP contribution in [0.5, 0.6) is 0 Å². The molecule has 3 N–H and O–H groups in total. The number of hydrogen-bond donors (Lipinski definition) is 2. The molecule has 1 aromatic rings. The molecule has 0 radical (unpaired) electrons. The smallest absolute Gasteiger partial charge is 0.300 e. The van der Waals surface area contributed by atoms with E-state index < -0.39 is 0 Å². The van der Waals surface area contributed by atoms with E-state index in [-0.39, 0.29) is 11.7 Å².